The zero-order valence-electron chi connectivity index (χ0n) is 15.5. The molecule has 0 fully saturated rings. The number of rotatable bonds is 7. The molecule has 0 aliphatic carbocycles. The molecular formula is C17H21N3O7. The summed E-state index contributed by atoms with van der Waals surface area (Å²) in [6, 6.07) is 1.26. The average molecular weight is 379 g/mol. The molecule has 10 nitrogen and oxygen atoms in total. The molecule has 1 aliphatic rings. The fraction of sp³-hybridized carbons (Fsp3) is 0.412. The van der Waals surface area contributed by atoms with Gasteiger partial charge in [0.25, 0.3) is 0 Å². The largest absolute Gasteiger partial charge is 0.490 e. The van der Waals surface area contributed by atoms with Crippen molar-refractivity contribution in [3.63, 3.8) is 0 Å². The van der Waals surface area contributed by atoms with Crippen molar-refractivity contribution in [3.05, 3.63) is 39.1 Å². The Hall–Kier alpha value is -3.30. The molecule has 0 spiro atoms. The Bertz CT molecular complexity index is 804. The molecule has 1 aromatic rings. The SMILES string of the molecule is CCOC(=O)C1=C(C)NC(=O)NC1c1cc(OCC)c(OC)c([N+](=O)[O-])c1. The van der Waals surface area contributed by atoms with Crippen molar-refractivity contribution in [1.82, 2.24) is 10.6 Å². The summed E-state index contributed by atoms with van der Waals surface area (Å²) in [6.07, 6.45) is 0. The summed E-state index contributed by atoms with van der Waals surface area (Å²) in [7, 11) is 1.30. The maximum absolute atomic E-state index is 12.4. The van der Waals surface area contributed by atoms with Crippen LogP contribution in [0.25, 0.3) is 0 Å². The van der Waals surface area contributed by atoms with Gasteiger partial charge in [0.1, 0.15) is 0 Å². The maximum Gasteiger partial charge on any atom is 0.338 e. The summed E-state index contributed by atoms with van der Waals surface area (Å²) in [4.78, 5) is 35.2. The molecule has 2 amide bonds. The van der Waals surface area contributed by atoms with E-state index in [-0.39, 0.29) is 36.0 Å². The van der Waals surface area contributed by atoms with E-state index in [0.717, 1.165) is 0 Å². The summed E-state index contributed by atoms with van der Waals surface area (Å²) >= 11 is 0. The van der Waals surface area contributed by atoms with Crippen LogP contribution in [0, 0.1) is 10.1 Å². The van der Waals surface area contributed by atoms with Crippen LogP contribution in [0.3, 0.4) is 0 Å². The summed E-state index contributed by atoms with van der Waals surface area (Å²) < 4.78 is 15.6. The van der Waals surface area contributed by atoms with Crippen molar-refractivity contribution in [1.29, 1.82) is 0 Å². The first-order valence-electron chi connectivity index (χ1n) is 8.28. The topological polar surface area (TPSA) is 129 Å². The number of carbonyl (C=O) groups excluding carboxylic acids is 2. The van der Waals surface area contributed by atoms with Crippen LogP contribution in [0.4, 0.5) is 10.5 Å². The third kappa shape index (κ3) is 4.10. The average Bonchev–Trinajstić information content (AvgIpc) is 2.60. The number of methoxy groups -OCH3 is 1. The van der Waals surface area contributed by atoms with Crippen LogP contribution in [0.5, 0.6) is 11.5 Å². The molecule has 0 radical (unpaired) electrons. The van der Waals surface area contributed by atoms with Gasteiger partial charge in [0.15, 0.2) is 5.75 Å². The molecule has 1 atom stereocenters. The number of benzene rings is 1. The van der Waals surface area contributed by atoms with Gasteiger partial charge in [-0.1, -0.05) is 0 Å². The molecule has 1 unspecified atom stereocenters. The molecule has 146 valence electrons. The predicted molar refractivity (Wildman–Crippen MR) is 94.6 cm³/mol. The van der Waals surface area contributed by atoms with Crippen molar-refractivity contribution in [2.45, 2.75) is 26.8 Å². The van der Waals surface area contributed by atoms with Crippen molar-refractivity contribution >= 4 is 17.7 Å². The molecule has 2 rings (SSSR count). The van der Waals surface area contributed by atoms with Crippen LogP contribution >= 0.6 is 0 Å². The third-order valence-electron chi connectivity index (χ3n) is 3.86. The number of amides is 2. The summed E-state index contributed by atoms with van der Waals surface area (Å²) in [5.41, 5.74) is 0.410. The number of hydrogen-bond donors (Lipinski definition) is 2. The third-order valence-corrected chi connectivity index (χ3v) is 3.86. The molecule has 2 N–H and O–H groups in total. The Morgan fingerprint density at radius 2 is 2.00 bits per heavy atom. The van der Waals surface area contributed by atoms with Crippen LogP contribution in [0.1, 0.15) is 32.4 Å². The number of nitro groups is 1. The minimum atomic E-state index is -0.943. The Morgan fingerprint density at radius 3 is 2.56 bits per heavy atom. The fourth-order valence-electron chi connectivity index (χ4n) is 2.80. The highest BCUT2D eigenvalue weighted by molar-refractivity contribution is 5.95. The van der Waals surface area contributed by atoms with Gasteiger partial charge < -0.3 is 24.8 Å². The zero-order chi connectivity index (χ0) is 20.1. The van der Waals surface area contributed by atoms with E-state index in [4.69, 9.17) is 14.2 Å². The summed E-state index contributed by atoms with van der Waals surface area (Å²) in [6.45, 7) is 5.32. The second-order valence-electron chi connectivity index (χ2n) is 5.55. The minimum Gasteiger partial charge on any atom is -0.490 e. The first kappa shape index (κ1) is 20.0. The van der Waals surface area contributed by atoms with Crippen LogP contribution in [-0.2, 0) is 9.53 Å². The fourth-order valence-corrected chi connectivity index (χ4v) is 2.80. The molecule has 1 aliphatic heterocycles. The normalized spacial score (nSPS) is 16.3. The van der Waals surface area contributed by atoms with Crippen molar-refractivity contribution in [2.24, 2.45) is 0 Å². The van der Waals surface area contributed by atoms with Gasteiger partial charge in [-0.05, 0) is 32.4 Å². The van der Waals surface area contributed by atoms with Gasteiger partial charge in [-0.2, -0.15) is 0 Å². The smallest absolute Gasteiger partial charge is 0.338 e. The molecule has 10 heteroatoms. The lowest BCUT2D eigenvalue weighted by atomic mass is 9.94. The lowest BCUT2D eigenvalue weighted by Crippen LogP contribution is -2.45. The first-order valence-corrected chi connectivity index (χ1v) is 8.28. The lowest BCUT2D eigenvalue weighted by molar-refractivity contribution is -0.385. The molecule has 0 saturated heterocycles. The van der Waals surface area contributed by atoms with Crippen LogP contribution in [-0.4, -0.2) is 37.2 Å². The molecule has 27 heavy (non-hydrogen) atoms. The molecule has 0 saturated carbocycles. The van der Waals surface area contributed by atoms with Gasteiger partial charge >= 0.3 is 17.7 Å². The van der Waals surface area contributed by atoms with E-state index in [1.807, 2.05) is 0 Å². The van der Waals surface area contributed by atoms with Crippen molar-refractivity contribution < 1.29 is 28.7 Å². The number of urea groups is 1. The number of nitrogens with one attached hydrogen (secondary N) is 2. The van der Waals surface area contributed by atoms with E-state index in [1.165, 1.54) is 19.2 Å². The first-order chi connectivity index (χ1) is 12.8. The maximum atomic E-state index is 12.4. The Morgan fingerprint density at radius 1 is 1.30 bits per heavy atom. The highest BCUT2D eigenvalue weighted by Crippen LogP contribution is 2.41. The second-order valence-corrected chi connectivity index (χ2v) is 5.55. The summed E-state index contributed by atoms with van der Waals surface area (Å²) in [5.74, 6) is -0.536. The van der Waals surface area contributed by atoms with Crippen molar-refractivity contribution in [3.8, 4) is 11.5 Å². The molecular weight excluding hydrogens is 358 g/mol. The van der Waals surface area contributed by atoms with E-state index in [1.54, 1.807) is 20.8 Å². The monoisotopic (exact) mass is 379 g/mol. The van der Waals surface area contributed by atoms with Crippen LogP contribution < -0.4 is 20.1 Å². The number of carbonyl (C=O) groups is 2. The van der Waals surface area contributed by atoms with Gasteiger partial charge in [-0.15, -0.1) is 0 Å². The highest BCUT2D eigenvalue weighted by atomic mass is 16.6. The molecule has 0 aromatic heterocycles. The van der Waals surface area contributed by atoms with Gasteiger partial charge in [0, 0.05) is 11.8 Å². The van der Waals surface area contributed by atoms with Gasteiger partial charge in [-0.25, -0.2) is 9.59 Å². The number of ether oxygens (including phenoxy) is 3. The van der Waals surface area contributed by atoms with Gasteiger partial charge in [0.05, 0.1) is 36.9 Å². The number of allylic oxidation sites excluding steroid dienone is 1. The molecule has 1 heterocycles. The number of esters is 1. The molecule has 1 aromatic carbocycles. The Kier molecular flexibility index (Phi) is 6.22. The predicted octanol–water partition coefficient (Wildman–Crippen LogP) is 2.19. The van der Waals surface area contributed by atoms with E-state index >= 15 is 0 Å². The number of hydrogen-bond acceptors (Lipinski definition) is 7. The van der Waals surface area contributed by atoms with E-state index in [2.05, 4.69) is 10.6 Å². The standard InChI is InChI=1S/C17H21N3O7/c1-5-26-12-8-10(7-11(20(23)24)15(12)25-4)14-13(16(21)27-6-2)9(3)18-17(22)19-14/h7-8,14H,5-6H2,1-4H3,(H2,18,19,22). The van der Waals surface area contributed by atoms with E-state index in [0.29, 0.717) is 11.3 Å². The highest BCUT2D eigenvalue weighted by Gasteiger charge is 2.34. The van der Waals surface area contributed by atoms with Gasteiger partial charge in [-0.3, -0.25) is 10.1 Å². The zero-order valence-corrected chi connectivity index (χ0v) is 15.5. The van der Waals surface area contributed by atoms with Crippen molar-refractivity contribution in [2.75, 3.05) is 20.3 Å². The minimum absolute atomic E-state index is 0.0377. The number of nitro benzene ring substituents is 1. The summed E-state index contributed by atoms with van der Waals surface area (Å²) in [5, 5.41) is 16.6. The number of nitrogens with zero attached hydrogens (tertiary/aromatic N) is 1. The van der Waals surface area contributed by atoms with E-state index < -0.39 is 23.0 Å². The Balaban J connectivity index is 2.66. The quantitative estimate of drug-likeness (QED) is 0.422. The second kappa shape index (κ2) is 8.39. The van der Waals surface area contributed by atoms with E-state index in [9.17, 15) is 19.7 Å². The Labute approximate surface area is 155 Å². The molecule has 0 bridgehead atoms. The van der Waals surface area contributed by atoms with Gasteiger partial charge in [0.2, 0.25) is 5.75 Å². The van der Waals surface area contributed by atoms with Crippen LogP contribution in [0.15, 0.2) is 23.4 Å². The lowest BCUT2D eigenvalue weighted by Gasteiger charge is -2.28. The van der Waals surface area contributed by atoms with Crippen LogP contribution in [0.2, 0.25) is 0 Å².